The zero-order chi connectivity index (χ0) is 13.7. The average Bonchev–Trinajstić information content (AvgIpc) is 2.28. The molecule has 104 valence electrons. The fourth-order valence-corrected chi connectivity index (χ4v) is 3.77. The van der Waals surface area contributed by atoms with Crippen LogP contribution in [0.3, 0.4) is 0 Å². The molecule has 1 aliphatic heterocycles. The van der Waals surface area contributed by atoms with Gasteiger partial charge in [-0.2, -0.15) is 12.6 Å². The minimum absolute atomic E-state index is 0.0265. The molecular formula is C13H23NO2S2. The van der Waals surface area contributed by atoms with E-state index in [1.165, 1.54) is 0 Å². The van der Waals surface area contributed by atoms with Crippen molar-refractivity contribution >= 4 is 30.3 Å². The van der Waals surface area contributed by atoms with Crippen LogP contribution >= 0.6 is 24.4 Å². The molecule has 0 spiro atoms. The predicted molar refractivity (Wildman–Crippen MR) is 81.0 cm³/mol. The summed E-state index contributed by atoms with van der Waals surface area (Å²) in [7, 11) is 0. The second-order valence-electron chi connectivity index (χ2n) is 4.94. The molecule has 3 atom stereocenters. The second-order valence-corrected chi connectivity index (χ2v) is 7.15. The van der Waals surface area contributed by atoms with Crippen molar-refractivity contribution in [3.63, 3.8) is 0 Å². The van der Waals surface area contributed by atoms with Crippen molar-refractivity contribution in [1.82, 2.24) is 4.90 Å². The van der Waals surface area contributed by atoms with E-state index in [0.29, 0.717) is 12.5 Å². The number of carbonyl (C=O) groups is 1. The van der Waals surface area contributed by atoms with Crippen molar-refractivity contribution in [2.24, 2.45) is 5.92 Å². The monoisotopic (exact) mass is 289 g/mol. The Balaban J connectivity index is 2.66. The van der Waals surface area contributed by atoms with Gasteiger partial charge in [0.15, 0.2) is 0 Å². The fourth-order valence-electron chi connectivity index (χ4n) is 2.08. The van der Waals surface area contributed by atoms with E-state index in [-0.39, 0.29) is 23.0 Å². The van der Waals surface area contributed by atoms with Crippen LogP contribution in [-0.2, 0) is 4.79 Å². The van der Waals surface area contributed by atoms with Crippen LogP contribution in [-0.4, -0.2) is 44.9 Å². The summed E-state index contributed by atoms with van der Waals surface area (Å²) in [5.41, 5.74) is 0. The quantitative estimate of drug-likeness (QED) is 0.615. The highest BCUT2D eigenvalue weighted by molar-refractivity contribution is 8.10. The fraction of sp³-hybridized carbons (Fsp3) is 0.769. The van der Waals surface area contributed by atoms with Gasteiger partial charge in [-0.1, -0.05) is 26.0 Å². The van der Waals surface area contributed by atoms with Crippen molar-refractivity contribution in [2.75, 3.05) is 12.3 Å². The SMILES string of the molecule is C/C=C/[C@@H](O)CC(=O)N1CC(S)SC[C@H]1C(C)C. The van der Waals surface area contributed by atoms with Crippen molar-refractivity contribution in [3.8, 4) is 0 Å². The maximum absolute atomic E-state index is 12.2. The van der Waals surface area contributed by atoms with Gasteiger partial charge in [-0.05, 0) is 12.8 Å². The number of nitrogens with zero attached hydrogens (tertiary/aromatic N) is 1. The molecule has 1 saturated heterocycles. The van der Waals surface area contributed by atoms with Crippen LogP contribution in [0.1, 0.15) is 27.2 Å². The number of rotatable bonds is 4. The molecule has 0 saturated carbocycles. The molecular weight excluding hydrogens is 266 g/mol. The Bertz CT molecular complexity index is 307. The smallest absolute Gasteiger partial charge is 0.225 e. The maximum Gasteiger partial charge on any atom is 0.225 e. The summed E-state index contributed by atoms with van der Waals surface area (Å²) < 4.78 is 0.183. The van der Waals surface area contributed by atoms with Crippen LogP contribution < -0.4 is 0 Å². The molecule has 0 aliphatic carbocycles. The summed E-state index contributed by atoms with van der Waals surface area (Å²) in [6, 6.07) is 0.253. The zero-order valence-corrected chi connectivity index (χ0v) is 13.0. The Morgan fingerprint density at radius 3 is 2.83 bits per heavy atom. The van der Waals surface area contributed by atoms with Crippen LogP contribution in [0.5, 0.6) is 0 Å². The Kier molecular flexibility index (Phi) is 6.60. The lowest BCUT2D eigenvalue weighted by atomic mass is 10.0. The Hall–Kier alpha value is -0.130. The normalized spacial score (nSPS) is 26.9. The van der Waals surface area contributed by atoms with Crippen LogP contribution in [0.25, 0.3) is 0 Å². The largest absolute Gasteiger partial charge is 0.389 e. The highest BCUT2D eigenvalue weighted by atomic mass is 32.2. The van der Waals surface area contributed by atoms with Crippen LogP contribution in [0.4, 0.5) is 0 Å². The van der Waals surface area contributed by atoms with Crippen molar-refractivity contribution in [1.29, 1.82) is 0 Å². The number of thioether (sulfide) groups is 1. The molecule has 1 rings (SSSR count). The maximum atomic E-state index is 12.2. The van der Waals surface area contributed by atoms with E-state index in [1.54, 1.807) is 23.9 Å². The highest BCUT2D eigenvalue weighted by Gasteiger charge is 2.32. The van der Waals surface area contributed by atoms with E-state index in [2.05, 4.69) is 26.5 Å². The Morgan fingerprint density at radius 2 is 2.28 bits per heavy atom. The van der Waals surface area contributed by atoms with Gasteiger partial charge >= 0.3 is 0 Å². The first kappa shape index (κ1) is 15.9. The van der Waals surface area contributed by atoms with E-state index in [0.717, 1.165) is 5.75 Å². The molecule has 1 unspecified atom stereocenters. The number of hydrogen-bond acceptors (Lipinski definition) is 4. The van der Waals surface area contributed by atoms with Gasteiger partial charge in [0.2, 0.25) is 5.91 Å². The lowest BCUT2D eigenvalue weighted by Gasteiger charge is -2.40. The summed E-state index contributed by atoms with van der Waals surface area (Å²) in [6.45, 7) is 6.77. The van der Waals surface area contributed by atoms with Gasteiger partial charge in [0.25, 0.3) is 0 Å². The average molecular weight is 289 g/mol. The molecule has 1 amide bonds. The highest BCUT2D eigenvalue weighted by Crippen LogP contribution is 2.29. The zero-order valence-electron chi connectivity index (χ0n) is 11.2. The van der Waals surface area contributed by atoms with Gasteiger partial charge in [-0.3, -0.25) is 4.79 Å². The van der Waals surface area contributed by atoms with Crippen molar-refractivity contribution < 1.29 is 9.90 Å². The molecule has 5 heteroatoms. The second kappa shape index (κ2) is 7.46. The summed E-state index contributed by atoms with van der Waals surface area (Å²) in [4.78, 5) is 14.1. The van der Waals surface area contributed by atoms with Gasteiger partial charge in [-0.15, -0.1) is 11.8 Å². The lowest BCUT2D eigenvalue weighted by Crippen LogP contribution is -2.51. The van der Waals surface area contributed by atoms with E-state index >= 15 is 0 Å². The first-order chi connectivity index (χ1) is 8.45. The van der Waals surface area contributed by atoms with E-state index in [1.807, 2.05) is 11.8 Å². The van der Waals surface area contributed by atoms with Crippen LogP contribution in [0.2, 0.25) is 0 Å². The molecule has 0 radical (unpaired) electrons. The van der Waals surface area contributed by atoms with E-state index in [9.17, 15) is 9.90 Å². The molecule has 0 aromatic heterocycles. The number of aliphatic hydroxyl groups is 1. The summed E-state index contributed by atoms with van der Waals surface area (Å²) in [6.07, 6.45) is 2.91. The first-order valence-electron chi connectivity index (χ1n) is 6.35. The summed E-state index contributed by atoms with van der Waals surface area (Å²) in [5, 5.41) is 9.68. The molecule has 0 aromatic carbocycles. The number of carbonyl (C=O) groups excluding carboxylic acids is 1. The van der Waals surface area contributed by atoms with Gasteiger partial charge in [0.1, 0.15) is 0 Å². The third-order valence-electron chi connectivity index (χ3n) is 3.10. The molecule has 1 heterocycles. The van der Waals surface area contributed by atoms with Gasteiger partial charge in [0.05, 0.1) is 17.1 Å². The molecule has 1 fully saturated rings. The third-order valence-corrected chi connectivity index (χ3v) is 4.78. The number of hydrogen-bond donors (Lipinski definition) is 2. The molecule has 18 heavy (non-hydrogen) atoms. The van der Waals surface area contributed by atoms with E-state index in [4.69, 9.17) is 0 Å². The minimum atomic E-state index is -0.678. The number of amides is 1. The van der Waals surface area contributed by atoms with Crippen LogP contribution in [0.15, 0.2) is 12.2 Å². The minimum Gasteiger partial charge on any atom is -0.389 e. The topological polar surface area (TPSA) is 40.5 Å². The third kappa shape index (κ3) is 4.52. The van der Waals surface area contributed by atoms with Crippen LogP contribution in [0, 0.1) is 5.92 Å². The van der Waals surface area contributed by atoms with Gasteiger partial charge in [0, 0.05) is 18.3 Å². The number of thiol groups is 1. The molecule has 1 aliphatic rings. The van der Waals surface area contributed by atoms with Gasteiger partial charge in [-0.25, -0.2) is 0 Å². The molecule has 0 bridgehead atoms. The van der Waals surface area contributed by atoms with Gasteiger partial charge < -0.3 is 10.0 Å². The molecule has 1 N–H and O–H groups in total. The summed E-state index contributed by atoms with van der Waals surface area (Å²) in [5.74, 6) is 1.39. The lowest BCUT2D eigenvalue weighted by molar-refractivity contribution is -0.135. The van der Waals surface area contributed by atoms with Crippen molar-refractivity contribution in [2.45, 2.75) is 43.9 Å². The van der Waals surface area contributed by atoms with E-state index < -0.39 is 6.10 Å². The standard InChI is InChI=1S/C13H23NO2S2/c1-4-5-10(15)6-12(16)14-7-13(17)18-8-11(14)9(2)3/h4-5,9-11,13,15,17H,6-8H2,1-3H3/b5-4+/t10-,11+,13?/m1/s1. The van der Waals surface area contributed by atoms with Crippen molar-refractivity contribution in [3.05, 3.63) is 12.2 Å². The Labute approximate surface area is 119 Å². The number of aliphatic hydroxyl groups excluding tert-OH is 1. The first-order valence-corrected chi connectivity index (χ1v) is 7.92. The number of allylic oxidation sites excluding steroid dienone is 1. The summed E-state index contributed by atoms with van der Waals surface area (Å²) >= 11 is 6.25. The Morgan fingerprint density at radius 1 is 1.61 bits per heavy atom. The molecule has 3 nitrogen and oxygen atoms in total. The molecule has 0 aromatic rings. The predicted octanol–water partition coefficient (Wildman–Crippen LogP) is 2.17.